The highest BCUT2D eigenvalue weighted by Gasteiger charge is 2.23. The number of aryl methyl sites for hydroxylation is 1. The largest absolute Gasteiger partial charge is 0.368 e. The Morgan fingerprint density at radius 2 is 1.87 bits per heavy atom. The number of anilines is 1. The Balaban J connectivity index is 3.33. The maximum atomic E-state index is 6.12. The summed E-state index contributed by atoms with van der Waals surface area (Å²) < 4.78 is 0. The maximum Gasteiger partial charge on any atom is 0.221 e. The van der Waals surface area contributed by atoms with Gasteiger partial charge in [0.05, 0.1) is 5.69 Å². The molecule has 0 spiro atoms. The van der Waals surface area contributed by atoms with E-state index >= 15 is 0 Å². The van der Waals surface area contributed by atoms with Gasteiger partial charge in [-0.2, -0.15) is 0 Å². The Kier molecular flexibility index (Phi) is 3.55. The summed E-state index contributed by atoms with van der Waals surface area (Å²) in [6.45, 7) is 8.42. The van der Waals surface area contributed by atoms with Crippen molar-refractivity contribution in [2.24, 2.45) is 0 Å². The predicted molar refractivity (Wildman–Crippen MR) is 64.1 cm³/mol. The minimum absolute atomic E-state index is 0.0463. The highest BCUT2D eigenvalue weighted by Crippen LogP contribution is 2.31. The first-order valence-corrected chi connectivity index (χ1v) is 5.56. The van der Waals surface area contributed by atoms with Gasteiger partial charge in [0.25, 0.3) is 0 Å². The van der Waals surface area contributed by atoms with Gasteiger partial charge in [0.2, 0.25) is 5.95 Å². The number of halogens is 1. The van der Waals surface area contributed by atoms with Crippen LogP contribution in [0.3, 0.4) is 0 Å². The topological polar surface area (TPSA) is 51.8 Å². The third kappa shape index (κ3) is 2.81. The van der Waals surface area contributed by atoms with Crippen molar-refractivity contribution in [3.05, 3.63) is 16.4 Å². The van der Waals surface area contributed by atoms with Gasteiger partial charge in [-0.3, -0.25) is 0 Å². The second kappa shape index (κ2) is 4.35. The molecule has 1 heterocycles. The SMILES string of the molecule is CCCc1nc(N)nc(Cl)c1C(C)(C)C. The molecule has 0 saturated carbocycles. The monoisotopic (exact) mass is 227 g/mol. The zero-order valence-corrected chi connectivity index (χ0v) is 10.5. The average molecular weight is 228 g/mol. The fraction of sp³-hybridized carbons (Fsp3) is 0.636. The highest BCUT2D eigenvalue weighted by molar-refractivity contribution is 6.30. The summed E-state index contributed by atoms with van der Waals surface area (Å²) in [4.78, 5) is 8.29. The van der Waals surface area contributed by atoms with Crippen molar-refractivity contribution in [2.45, 2.75) is 46.0 Å². The first-order chi connectivity index (χ1) is 6.86. The Labute approximate surface area is 96.1 Å². The molecule has 4 heteroatoms. The van der Waals surface area contributed by atoms with E-state index in [1.54, 1.807) is 0 Å². The van der Waals surface area contributed by atoms with E-state index in [0.717, 1.165) is 24.1 Å². The molecule has 84 valence electrons. The highest BCUT2D eigenvalue weighted by atomic mass is 35.5. The number of hydrogen-bond acceptors (Lipinski definition) is 3. The smallest absolute Gasteiger partial charge is 0.221 e. The molecule has 0 amide bonds. The fourth-order valence-electron chi connectivity index (χ4n) is 1.65. The Bertz CT molecular complexity index is 356. The molecular weight excluding hydrogens is 210 g/mol. The molecule has 0 radical (unpaired) electrons. The van der Waals surface area contributed by atoms with Crippen molar-refractivity contribution in [1.29, 1.82) is 0 Å². The van der Waals surface area contributed by atoms with Crippen LogP contribution in [-0.4, -0.2) is 9.97 Å². The molecule has 0 unspecified atom stereocenters. The molecule has 0 aromatic carbocycles. The number of aromatic nitrogens is 2. The molecular formula is C11H18ClN3. The first kappa shape index (κ1) is 12.2. The third-order valence-corrected chi connectivity index (χ3v) is 2.47. The van der Waals surface area contributed by atoms with Crippen LogP contribution in [0.15, 0.2) is 0 Å². The van der Waals surface area contributed by atoms with E-state index in [9.17, 15) is 0 Å². The van der Waals surface area contributed by atoms with Gasteiger partial charge in [0, 0.05) is 5.56 Å². The van der Waals surface area contributed by atoms with Crippen molar-refractivity contribution in [3.63, 3.8) is 0 Å². The molecule has 0 aliphatic carbocycles. The summed E-state index contributed by atoms with van der Waals surface area (Å²) in [6, 6.07) is 0. The van der Waals surface area contributed by atoms with Crippen LogP contribution in [0.5, 0.6) is 0 Å². The summed E-state index contributed by atoms with van der Waals surface area (Å²) >= 11 is 6.12. The van der Waals surface area contributed by atoms with Crippen molar-refractivity contribution < 1.29 is 0 Å². The summed E-state index contributed by atoms with van der Waals surface area (Å²) in [5.74, 6) is 0.261. The van der Waals surface area contributed by atoms with Gasteiger partial charge >= 0.3 is 0 Å². The van der Waals surface area contributed by atoms with Crippen LogP contribution in [0, 0.1) is 0 Å². The summed E-state index contributed by atoms with van der Waals surface area (Å²) in [5, 5.41) is 0.485. The molecule has 2 N–H and O–H groups in total. The van der Waals surface area contributed by atoms with Crippen LogP contribution in [0.2, 0.25) is 5.15 Å². The molecule has 3 nitrogen and oxygen atoms in total. The summed E-state index contributed by atoms with van der Waals surface area (Å²) in [7, 11) is 0. The standard InChI is InChI=1S/C11H18ClN3/c1-5-6-7-8(11(2,3)4)9(12)15-10(13)14-7/h5-6H2,1-4H3,(H2,13,14,15). The second-order valence-electron chi connectivity index (χ2n) is 4.69. The molecule has 1 aromatic rings. The number of nitrogen functional groups attached to an aromatic ring is 1. The van der Waals surface area contributed by atoms with Gasteiger partial charge in [0.1, 0.15) is 5.15 Å². The Hall–Kier alpha value is -0.830. The van der Waals surface area contributed by atoms with Gasteiger partial charge < -0.3 is 5.73 Å². The molecule has 1 aromatic heterocycles. The molecule has 0 aliphatic rings. The normalized spacial score (nSPS) is 11.8. The Morgan fingerprint density at radius 1 is 1.27 bits per heavy atom. The van der Waals surface area contributed by atoms with Crippen LogP contribution < -0.4 is 5.73 Å². The van der Waals surface area contributed by atoms with Crippen LogP contribution >= 0.6 is 11.6 Å². The number of nitrogens with zero attached hydrogens (tertiary/aromatic N) is 2. The predicted octanol–water partition coefficient (Wildman–Crippen LogP) is 2.96. The minimum Gasteiger partial charge on any atom is -0.368 e. The van der Waals surface area contributed by atoms with Gasteiger partial charge in [-0.05, 0) is 11.8 Å². The zero-order valence-electron chi connectivity index (χ0n) is 9.76. The number of rotatable bonds is 2. The van der Waals surface area contributed by atoms with Crippen molar-refractivity contribution in [3.8, 4) is 0 Å². The fourth-order valence-corrected chi connectivity index (χ4v) is 2.13. The molecule has 0 aliphatic heterocycles. The summed E-state index contributed by atoms with van der Waals surface area (Å²) in [5.41, 5.74) is 7.54. The molecule has 1 rings (SSSR count). The van der Waals surface area contributed by atoms with Crippen molar-refractivity contribution in [2.75, 3.05) is 5.73 Å². The molecule has 0 bridgehead atoms. The lowest BCUT2D eigenvalue weighted by Gasteiger charge is -2.23. The zero-order chi connectivity index (χ0) is 11.6. The maximum absolute atomic E-state index is 6.12. The van der Waals surface area contributed by atoms with E-state index in [4.69, 9.17) is 17.3 Å². The van der Waals surface area contributed by atoms with Crippen molar-refractivity contribution in [1.82, 2.24) is 9.97 Å². The van der Waals surface area contributed by atoms with E-state index in [0.29, 0.717) is 5.15 Å². The lowest BCUT2D eigenvalue weighted by Crippen LogP contribution is -2.18. The second-order valence-corrected chi connectivity index (χ2v) is 5.05. The Morgan fingerprint density at radius 3 is 2.33 bits per heavy atom. The van der Waals surface area contributed by atoms with Gasteiger partial charge in [-0.25, -0.2) is 9.97 Å². The lowest BCUT2D eigenvalue weighted by atomic mass is 9.86. The van der Waals surface area contributed by atoms with Crippen LogP contribution in [0.4, 0.5) is 5.95 Å². The lowest BCUT2D eigenvalue weighted by molar-refractivity contribution is 0.573. The first-order valence-electron chi connectivity index (χ1n) is 5.18. The quantitative estimate of drug-likeness (QED) is 0.791. The van der Waals surface area contributed by atoms with Crippen LogP contribution in [0.1, 0.15) is 45.4 Å². The molecule has 0 fully saturated rings. The number of nitrogens with two attached hydrogens (primary N) is 1. The molecule has 0 saturated heterocycles. The number of hydrogen-bond donors (Lipinski definition) is 1. The van der Waals surface area contributed by atoms with Crippen molar-refractivity contribution >= 4 is 17.5 Å². The van der Waals surface area contributed by atoms with E-state index in [1.165, 1.54) is 0 Å². The van der Waals surface area contributed by atoms with E-state index in [1.807, 2.05) is 0 Å². The van der Waals surface area contributed by atoms with Crippen LogP contribution in [0.25, 0.3) is 0 Å². The van der Waals surface area contributed by atoms with E-state index in [2.05, 4.69) is 37.7 Å². The van der Waals surface area contributed by atoms with Gasteiger partial charge in [0.15, 0.2) is 0 Å². The third-order valence-electron chi connectivity index (χ3n) is 2.19. The minimum atomic E-state index is -0.0463. The van der Waals surface area contributed by atoms with E-state index in [-0.39, 0.29) is 11.4 Å². The summed E-state index contributed by atoms with van der Waals surface area (Å²) in [6.07, 6.45) is 1.91. The average Bonchev–Trinajstić information content (AvgIpc) is 1.99. The molecule has 15 heavy (non-hydrogen) atoms. The van der Waals surface area contributed by atoms with Crippen LogP contribution in [-0.2, 0) is 11.8 Å². The van der Waals surface area contributed by atoms with Gasteiger partial charge in [-0.15, -0.1) is 0 Å². The molecule has 0 atom stereocenters. The van der Waals surface area contributed by atoms with E-state index < -0.39 is 0 Å². The van der Waals surface area contributed by atoms with Gasteiger partial charge in [-0.1, -0.05) is 45.7 Å².